The van der Waals surface area contributed by atoms with E-state index < -0.39 is 5.56 Å². The number of aromatic nitrogens is 2. The lowest BCUT2D eigenvalue weighted by molar-refractivity contribution is 0.415. The molecule has 0 fully saturated rings. The van der Waals surface area contributed by atoms with Crippen LogP contribution in [0.15, 0.2) is 47.3 Å². The van der Waals surface area contributed by atoms with Gasteiger partial charge in [-0.05, 0) is 30.3 Å². The van der Waals surface area contributed by atoms with Crippen molar-refractivity contribution in [3.8, 4) is 38.8 Å². The lowest BCUT2D eigenvalue weighted by atomic mass is 9.99. The van der Waals surface area contributed by atoms with E-state index in [0.29, 0.717) is 17.1 Å². The number of fused-ring (bicyclic) bond motifs is 1. The summed E-state index contributed by atoms with van der Waals surface area (Å²) in [6, 6.07) is 13.1. The van der Waals surface area contributed by atoms with Crippen molar-refractivity contribution in [3.63, 3.8) is 0 Å². The number of methoxy groups -OCH3 is 2. The summed E-state index contributed by atoms with van der Waals surface area (Å²) in [6.45, 7) is 0. The Hall–Kier alpha value is -3.03. The molecule has 0 atom stereocenters. The van der Waals surface area contributed by atoms with E-state index in [9.17, 15) is 9.90 Å². The van der Waals surface area contributed by atoms with E-state index in [2.05, 4.69) is 5.10 Å². The molecule has 4 rings (SSSR count). The van der Waals surface area contributed by atoms with Gasteiger partial charge in [0.05, 0.1) is 19.8 Å². The normalized spacial score (nSPS) is 11.0. The van der Waals surface area contributed by atoms with E-state index in [1.54, 1.807) is 14.2 Å². The zero-order valence-corrected chi connectivity index (χ0v) is 17.5. The predicted molar refractivity (Wildman–Crippen MR) is 116 cm³/mol. The lowest BCUT2D eigenvalue weighted by Crippen LogP contribution is -2.21. The monoisotopic (exact) mass is 428 g/mol. The molecule has 0 radical (unpaired) electrons. The average molecular weight is 429 g/mol. The summed E-state index contributed by atoms with van der Waals surface area (Å²) in [6.07, 6.45) is 0. The molecule has 0 saturated carbocycles. The summed E-state index contributed by atoms with van der Waals surface area (Å²) in [5.41, 5.74) is 1.04. The number of rotatable bonds is 4. The standard InChI is InChI=1S/C21H17ClN2O4S/c1-24-21(26)17(18(25)20(22)23-24)16-13-9-8-11(27-2)10-15(13)29-19(16)12-6-4-5-7-14(12)28-3/h4-10,25H,1-3H3. The van der Waals surface area contributed by atoms with Crippen molar-refractivity contribution >= 4 is 33.0 Å². The fraction of sp³-hybridized carbons (Fsp3) is 0.143. The fourth-order valence-corrected chi connectivity index (χ4v) is 4.77. The second kappa shape index (κ2) is 7.42. The first kappa shape index (κ1) is 19.3. The SMILES string of the molecule is COc1ccc2c(-c3c(O)c(Cl)nn(C)c3=O)c(-c3ccccc3OC)sc2c1. The molecule has 4 aromatic rings. The highest BCUT2D eigenvalue weighted by Crippen LogP contribution is 2.49. The molecular formula is C21H17ClN2O4S. The molecule has 29 heavy (non-hydrogen) atoms. The number of hydrogen-bond acceptors (Lipinski definition) is 6. The number of ether oxygens (including phenoxy) is 2. The van der Waals surface area contributed by atoms with Gasteiger partial charge in [0.1, 0.15) is 11.5 Å². The Labute approximate surface area is 175 Å². The molecule has 0 unspecified atom stereocenters. The molecule has 6 nitrogen and oxygen atoms in total. The van der Waals surface area contributed by atoms with Crippen molar-refractivity contribution in [2.45, 2.75) is 0 Å². The summed E-state index contributed by atoms with van der Waals surface area (Å²) < 4.78 is 12.9. The van der Waals surface area contributed by atoms with Crippen LogP contribution in [-0.2, 0) is 7.05 Å². The Balaban J connectivity index is 2.18. The fourth-order valence-electron chi connectivity index (χ4n) is 3.29. The van der Waals surface area contributed by atoms with E-state index >= 15 is 0 Å². The van der Waals surface area contributed by atoms with E-state index in [-0.39, 0.29) is 16.5 Å². The highest BCUT2D eigenvalue weighted by molar-refractivity contribution is 7.23. The third-order valence-electron chi connectivity index (χ3n) is 4.68. The van der Waals surface area contributed by atoms with Crippen LogP contribution in [0.5, 0.6) is 17.2 Å². The smallest absolute Gasteiger partial charge is 0.278 e. The van der Waals surface area contributed by atoms with Gasteiger partial charge in [0.15, 0.2) is 10.9 Å². The van der Waals surface area contributed by atoms with Crippen LogP contribution < -0.4 is 15.0 Å². The van der Waals surface area contributed by atoms with E-state index in [4.69, 9.17) is 21.1 Å². The van der Waals surface area contributed by atoms with Crippen LogP contribution in [0.1, 0.15) is 0 Å². The second-order valence-electron chi connectivity index (χ2n) is 6.31. The Morgan fingerprint density at radius 1 is 1.10 bits per heavy atom. The van der Waals surface area contributed by atoms with Gasteiger partial charge >= 0.3 is 0 Å². The first-order chi connectivity index (χ1) is 14.0. The molecule has 8 heteroatoms. The minimum Gasteiger partial charge on any atom is -0.504 e. The molecular weight excluding hydrogens is 412 g/mol. The van der Waals surface area contributed by atoms with Gasteiger partial charge in [0, 0.05) is 33.1 Å². The van der Waals surface area contributed by atoms with Gasteiger partial charge in [-0.2, -0.15) is 5.10 Å². The second-order valence-corrected chi connectivity index (χ2v) is 7.72. The molecule has 0 spiro atoms. The van der Waals surface area contributed by atoms with Crippen molar-refractivity contribution in [2.24, 2.45) is 7.05 Å². The summed E-state index contributed by atoms with van der Waals surface area (Å²) >= 11 is 7.58. The molecule has 2 heterocycles. The minimum absolute atomic E-state index is 0.102. The number of para-hydroxylation sites is 1. The molecule has 2 aromatic heterocycles. The molecule has 0 amide bonds. The van der Waals surface area contributed by atoms with Crippen molar-refractivity contribution < 1.29 is 14.6 Å². The highest BCUT2D eigenvalue weighted by atomic mass is 35.5. The van der Waals surface area contributed by atoms with E-state index in [1.807, 2.05) is 42.5 Å². The largest absolute Gasteiger partial charge is 0.504 e. The number of benzene rings is 2. The van der Waals surface area contributed by atoms with Crippen LogP contribution in [0.3, 0.4) is 0 Å². The van der Waals surface area contributed by atoms with Crippen LogP contribution in [0.4, 0.5) is 0 Å². The van der Waals surface area contributed by atoms with Crippen molar-refractivity contribution in [1.29, 1.82) is 0 Å². The van der Waals surface area contributed by atoms with Gasteiger partial charge in [-0.1, -0.05) is 23.7 Å². The number of aryl methyl sites for hydroxylation is 1. The van der Waals surface area contributed by atoms with Crippen LogP contribution in [0.2, 0.25) is 5.15 Å². The van der Waals surface area contributed by atoms with E-state index in [0.717, 1.165) is 25.2 Å². The van der Waals surface area contributed by atoms with Crippen LogP contribution >= 0.6 is 22.9 Å². The molecule has 2 aromatic carbocycles. The quantitative estimate of drug-likeness (QED) is 0.509. The maximum absolute atomic E-state index is 13.0. The number of halogens is 1. The van der Waals surface area contributed by atoms with Gasteiger partial charge in [0.25, 0.3) is 5.56 Å². The average Bonchev–Trinajstić information content (AvgIpc) is 3.10. The Morgan fingerprint density at radius 3 is 2.59 bits per heavy atom. The molecule has 1 N–H and O–H groups in total. The highest BCUT2D eigenvalue weighted by Gasteiger charge is 2.25. The number of nitrogens with zero attached hydrogens (tertiary/aromatic N) is 2. The lowest BCUT2D eigenvalue weighted by Gasteiger charge is -2.12. The van der Waals surface area contributed by atoms with Crippen molar-refractivity contribution in [3.05, 3.63) is 58.0 Å². The van der Waals surface area contributed by atoms with Crippen molar-refractivity contribution in [1.82, 2.24) is 9.78 Å². The maximum Gasteiger partial charge on any atom is 0.278 e. The maximum atomic E-state index is 13.0. The van der Waals surface area contributed by atoms with Crippen LogP contribution in [0, 0.1) is 0 Å². The van der Waals surface area contributed by atoms with E-state index in [1.165, 1.54) is 18.4 Å². The Morgan fingerprint density at radius 2 is 1.86 bits per heavy atom. The summed E-state index contributed by atoms with van der Waals surface area (Å²) in [5, 5.41) is 15.2. The first-order valence-electron chi connectivity index (χ1n) is 8.66. The van der Waals surface area contributed by atoms with Gasteiger partial charge in [-0.25, -0.2) is 4.68 Å². The number of thiophene rings is 1. The molecule has 0 bridgehead atoms. The summed E-state index contributed by atoms with van der Waals surface area (Å²) in [5.74, 6) is 1.01. The molecule has 0 aliphatic heterocycles. The summed E-state index contributed by atoms with van der Waals surface area (Å²) in [7, 11) is 4.69. The number of hydrogen-bond donors (Lipinski definition) is 1. The Bertz CT molecular complexity index is 1300. The zero-order chi connectivity index (χ0) is 20.7. The first-order valence-corrected chi connectivity index (χ1v) is 9.85. The van der Waals surface area contributed by atoms with Gasteiger partial charge in [-0.15, -0.1) is 11.3 Å². The topological polar surface area (TPSA) is 73.6 Å². The molecule has 0 saturated heterocycles. The van der Waals surface area contributed by atoms with Gasteiger partial charge < -0.3 is 14.6 Å². The van der Waals surface area contributed by atoms with Crippen LogP contribution in [0.25, 0.3) is 31.7 Å². The third kappa shape index (κ3) is 3.12. The number of aromatic hydroxyl groups is 1. The minimum atomic E-state index is -0.446. The molecule has 0 aliphatic rings. The third-order valence-corrected chi connectivity index (χ3v) is 6.12. The van der Waals surface area contributed by atoms with Gasteiger partial charge in [0.2, 0.25) is 0 Å². The molecule has 0 aliphatic carbocycles. The predicted octanol–water partition coefficient (Wildman–Crippen LogP) is 4.71. The summed E-state index contributed by atoms with van der Waals surface area (Å²) in [4.78, 5) is 13.8. The Kier molecular flexibility index (Phi) is 4.94. The van der Waals surface area contributed by atoms with Crippen LogP contribution in [-0.4, -0.2) is 29.1 Å². The molecule has 148 valence electrons. The zero-order valence-electron chi connectivity index (χ0n) is 15.9. The van der Waals surface area contributed by atoms with Crippen molar-refractivity contribution in [2.75, 3.05) is 14.2 Å². The van der Waals surface area contributed by atoms with Gasteiger partial charge in [-0.3, -0.25) is 4.79 Å².